The monoisotopic (exact) mass is 527 g/mol. The molecule has 2 aromatic carbocycles. The Morgan fingerprint density at radius 3 is 2.53 bits per heavy atom. The minimum atomic E-state index is -3.87. The molecule has 0 unspecified atom stereocenters. The lowest BCUT2D eigenvalue weighted by atomic mass is 9.99. The van der Waals surface area contributed by atoms with Gasteiger partial charge in [0.05, 0.1) is 11.7 Å². The fourth-order valence-corrected chi connectivity index (χ4v) is 4.78. The largest absolute Gasteiger partial charge is 0.486 e. The van der Waals surface area contributed by atoms with Crippen LogP contribution in [0.1, 0.15) is 30.1 Å². The summed E-state index contributed by atoms with van der Waals surface area (Å²) in [6, 6.07) is 12.0. The van der Waals surface area contributed by atoms with E-state index >= 15 is 8.78 Å². The van der Waals surface area contributed by atoms with Crippen molar-refractivity contribution in [3.63, 3.8) is 0 Å². The van der Waals surface area contributed by atoms with Gasteiger partial charge < -0.3 is 24.8 Å². The first kappa shape index (κ1) is 26.0. The Morgan fingerprint density at radius 1 is 1.08 bits per heavy atom. The molecule has 0 bridgehead atoms. The van der Waals surface area contributed by atoms with Gasteiger partial charge in [-0.15, -0.1) is 0 Å². The normalized spacial score (nSPS) is 17.2. The Labute approximate surface area is 218 Å². The molecule has 2 N–H and O–H groups in total. The number of alkyl halides is 2. The zero-order valence-electron chi connectivity index (χ0n) is 20.6. The summed E-state index contributed by atoms with van der Waals surface area (Å²) < 4.78 is 56.0. The Bertz CT molecular complexity index is 1270. The summed E-state index contributed by atoms with van der Waals surface area (Å²) >= 11 is 0. The van der Waals surface area contributed by atoms with Gasteiger partial charge in [-0.1, -0.05) is 30.3 Å². The molecule has 3 aromatic rings. The van der Waals surface area contributed by atoms with Gasteiger partial charge in [-0.25, -0.2) is 4.39 Å². The number of rotatable bonds is 8. The van der Waals surface area contributed by atoms with Crippen LogP contribution in [-0.4, -0.2) is 59.8 Å². The number of hydrogen-bond donors (Lipinski definition) is 2. The maximum atomic E-state index is 15.3. The highest BCUT2D eigenvalue weighted by Crippen LogP contribution is 2.37. The summed E-state index contributed by atoms with van der Waals surface area (Å²) in [5.41, 5.74) is 0.856. The number of halogens is 3. The van der Waals surface area contributed by atoms with E-state index in [1.54, 1.807) is 24.4 Å². The fourth-order valence-electron chi connectivity index (χ4n) is 4.78. The van der Waals surface area contributed by atoms with E-state index in [4.69, 9.17) is 9.47 Å². The Hall–Kier alpha value is -3.63. The van der Waals surface area contributed by atoms with E-state index in [1.165, 1.54) is 30.3 Å². The highest BCUT2D eigenvalue weighted by molar-refractivity contribution is 5.85. The average Bonchev–Trinajstić information content (AvgIpc) is 3.46. The van der Waals surface area contributed by atoms with Gasteiger partial charge in [0.25, 0.3) is 5.91 Å². The molecule has 0 radical (unpaired) electrons. The highest BCUT2D eigenvalue weighted by atomic mass is 19.3. The molecule has 2 aliphatic heterocycles. The first-order chi connectivity index (χ1) is 18.3. The molecule has 7 nitrogen and oxygen atoms in total. The van der Waals surface area contributed by atoms with Crippen molar-refractivity contribution >= 4 is 5.91 Å². The van der Waals surface area contributed by atoms with Crippen molar-refractivity contribution in [2.24, 2.45) is 0 Å². The third-order valence-electron chi connectivity index (χ3n) is 6.81. The van der Waals surface area contributed by atoms with Crippen molar-refractivity contribution in [1.29, 1.82) is 0 Å². The van der Waals surface area contributed by atoms with Gasteiger partial charge >= 0.3 is 5.92 Å². The molecule has 2 atom stereocenters. The van der Waals surface area contributed by atoms with E-state index in [-0.39, 0.29) is 36.8 Å². The molecule has 10 heteroatoms. The standard InChI is InChI=1S/C28H28F3N3O4/c29-21-15-19(16-24-26(21)38-14-13-37-24)25(35)23(17-34-11-3-4-12-34)33-27(36)28(30,31)20-8-6-18(7-9-20)22-5-1-2-10-32-22/h1-2,5-10,15-16,23,25,35H,3-4,11-14,17H2,(H,33,36)/t23-,25-/m1/s1. The lowest BCUT2D eigenvalue weighted by Crippen LogP contribution is -2.51. The first-order valence-electron chi connectivity index (χ1n) is 12.5. The van der Waals surface area contributed by atoms with Gasteiger partial charge in [0.2, 0.25) is 0 Å². The Kier molecular flexibility index (Phi) is 7.53. The number of aromatic nitrogens is 1. The molecule has 1 aromatic heterocycles. The van der Waals surface area contributed by atoms with Crippen LogP contribution < -0.4 is 14.8 Å². The second-order valence-corrected chi connectivity index (χ2v) is 9.43. The lowest BCUT2D eigenvalue weighted by molar-refractivity contribution is -0.149. The van der Waals surface area contributed by atoms with E-state index in [9.17, 15) is 14.3 Å². The number of benzene rings is 2. The second-order valence-electron chi connectivity index (χ2n) is 9.43. The van der Waals surface area contributed by atoms with E-state index < -0.39 is 35.4 Å². The second kappa shape index (κ2) is 11.0. The van der Waals surface area contributed by atoms with Crippen LogP contribution in [0, 0.1) is 5.82 Å². The number of likely N-dealkylation sites (tertiary alicyclic amines) is 1. The summed E-state index contributed by atoms with van der Waals surface area (Å²) in [7, 11) is 0. The molecule has 0 spiro atoms. The van der Waals surface area contributed by atoms with Crippen LogP contribution in [0.4, 0.5) is 13.2 Å². The van der Waals surface area contributed by atoms with Gasteiger partial charge in [-0.05, 0) is 55.8 Å². The van der Waals surface area contributed by atoms with Crippen molar-refractivity contribution < 1.29 is 32.5 Å². The molecular weight excluding hydrogens is 499 g/mol. The number of nitrogens with zero attached hydrogens (tertiary/aromatic N) is 2. The van der Waals surface area contributed by atoms with E-state index in [1.807, 2.05) is 4.90 Å². The smallest absolute Gasteiger partial charge is 0.349 e. The molecule has 1 fully saturated rings. The van der Waals surface area contributed by atoms with E-state index in [0.29, 0.717) is 24.3 Å². The lowest BCUT2D eigenvalue weighted by Gasteiger charge is -2.30. The van der Waals surface area contributed by atoms with Crippen LogP contribution in [-0.2, 0) is 10.7 Å². The number of carbonyl (C=O) groups is 1. The molecule has 3 heterocycles. The number of amides is 1. The van der Waals surface area contributed by atoms with Crippen molar-refractivity contribution in [1.82, 2.24) is 15.2 Å². The van der Waals surface area contributed by atoms with Crippen molar-refractivity contribution in [3.8, 4) is 22.8 Å². The fraction of sp³-hybridized carbons (Fsp3) is 0.357. The molecule has 0 aliphatic carbocycles. The molecule has 0 saturated carbocycles. The van der Waals surface area contributed by atoms with Crippen LogP contribution in [0.2, 0.25) is 0 Å². The number of fused-ring (bicyclic) bond motifs is 1. The number of pyridine rings is 1. The molecule has 2 aliphatic rings. The van der Waals surface area contributed by atoms with E-state index in [2.05, 4.69) is 10.3 Å². The topological polar surface area (TPSA) is 83.9 Å². The van der Waals surface area contributed by atoms with Gasteiger partial charge in [-0.3, -0.25) is 9.78 Å². The van der Waals surface area contributed by atoms with Crippen molar-refractivity contribution in [2.45, 2.75) is 30.9 Å². The van der Waals surface area contributed by atoms with Gasteiger partial charge in [0.15, 0.2) is 17.3 Å². The predicted octanol–water partition coefficient (Wildman–Crippen LogP) is 4.06. The molecular formula is C28H28F3N3O4. The minimum Gasteiger partial charge on any atom is -0.486 e. The molecule has 200 valence electrons. The number of carbonyl (C=O) groups excluding carboxylic acids is 1. The minimum absolute atomic E-state index is 0.0620. The molecule has 38 heavy (non-hydrogen) atoms. The third kappa shape index (κ3) is 5.46. The molecule has 1 amide bonds. The van der Waals surface area contributed by atoms with Crippen LogP contribution in [0.25, 0.3) is 11.3 Å². The SMILES string of the molecule is O=C(N[C@H](CN1CCCC1)[C@H](O)c1cc(F)c2c(c1)OCCO2)C(F)(F)c1ccc(-c2ccccn2)cc1. The summed E-state index contributed by atoms with van der Waals surface area (Å²) in [6.07, 6.45) is 1.99. The van der Waals surface area contributed by atoms with Crippen molar-refractivity contribution in [3.05, 3.63) is 77.7 Å². The summed E-state index contributed by atoms with van der Waals surface area (Å²) in [4.78, 5) is 19.1. The van der Waals surface area contributed by atoms with Gasteiger partial charge in [0, 0.05) is 23.9 Å². The summed E-state index contributed by atoms with van der Waals surface area (Å²) in [5.74, 6) is -6.10. The molecule has 5 rings (SSSR count). The zero-order chi connectivity index (χ0) is 26.7. The predicted molar refractivity (Wildman–Crippen MR) is 134 cm³/mol. The summed E-state index contributed by atoms with van der Waals surface area (Å²) in [6.45, 7) is 1.94. The average molecular weight is 528 g/mol. The maximum Gasteiger partial charge on any atom is 0.349 e. The van der Waals surface area contributed by atoms with Gasteiger partial charge in [0.1, 0.15) is 19.3 Å². The highest BCUT2D eigenvalue weighted by Gasteiger charge is 2.43. The van der Waals surface area contributed by atoms with Crippen molar-refractivity contribution in [2.75, 3.05) is 32.8 Å². The summed E-state index contributed by atoms with van der Waals surface area (Å²) in [5, 5.41) is 13.5. The van der Waals surface area contributed by atoms with Crippen LogP contribution in [0.5, 0.6) is 11.5 Å². The molecule has 1 saturated heterocycles. The zero-order valence-corrected chi connectivity index (χ0v) is 20.6. The van der Waals surface area contributed by atoms with Crippen LogP contribution >= 0.6 is 0 Å². The van der Waals surface area contributed by atoms with Crippen LogP contribution in [0.3, 0.4) is 0 Å². The Balaban J connectivity index is 1.37. The number of aliphatic hydroxyl groups excluding tert-OH is 1. The quantitative estimate of drug-likeness (QED) is 0.460. The van der Waals surface area contributed by atoms with Crippen LogP contribution in [0.15, 0.2) is 60.8 Å². The number of ether oxygens (including phenoxy) is 2. The number of aliphatic hydroxyl groups is 1. The third-order valence-corrected chi connectivity index (χ3v) is 6.81. The van der Waals surface area contributed by atoms with E-state index in [0.717, 1.165) is 18.9 Å². The maximum absolute atomic E-state index is 15.3. The Morgan fingerprint density at radius 2 is 1.82 bits per heavy atom. The number of nitrogens with one attached hydrogen (secondary N) is 1. The first-order valence-corrected chi connectivity index (χ1v) is 12.5. The number of hydrogen-bond acceptors (Lipinski definition) is 6. The van der Waals surface area contributed by atoms with Gasteiger partial charge in [-0.2, -0.15) is 8.78 Å².